The largest absolute Gasteiger partial charge is 0.484 e. The molecule has 1 aromatic rings. The van der Waals surface area contributed by atoms with Crippen LogP contribution in [0.4, 0.5) is 0 Å². The van der Waals surface area contributed by atoms with Gasteiger partial charge in [0.05, 0.1) is 12.7 Å². The standard InChI is InChI=1S/C15H19NO4/c1-19-15(18)11-6-8-13(9-7-11)20-10-14(17)16-12-4-2-3-5-12/h6-9,12H,2-5,10H2,1H3,(H,16,17). The van der Waals surface area contributed by atoms with E-state index in [2.05, 4.69) is 10.1 Å². The summed E-state index contributed by atoms with van der Waals surface area (Å²) < 4.78 is 9.99. The first kappa shape index (κ1) is 14.4. The van der Waals surface area contributed by atoms with E-state index in [1.165, 1.54) is 20.0 Å². The van der Waals surface area contributed by atoms with Crippen molar-refractivity contribution < 1.29 is 19.1 Å². The van der Waals surface area contributed by atoms with Gasteiger partial charge in [0.2, 0.25) is 0 Å². The minimum absolute atomic E-state index is 0.00588. The summed E-state index contributed by atoms with van der Waals surface area (Å²) >= 11 is 0. The topological polar surface area (TPSA) is 64.6 Å². The molecule has 1 saturated carbocycles. The van der Waals surface area contributed by atoms with Crippen LogP contribution in [0.15, 0.2) is 24.3 Å². The van der Waals surface area contributed by atoms with Crippen molar-refractivity contribution in [2.24, 2.45) is 0 Å². The van der Waals surface area contributed by atoms with E-state index in [0.717, 1.165) is 12.8 Å². The quantitative estimate of drug-likeness (QED) is 0.835. The molecule has 0 unspecified atom stereocenters. The van der Waals surface area contributed by atoms with E-state index in [-0.39, 0.29) is 12.5 Å². The number of hydrogen-bond acceptors (Lipinski definition) is 4. The number of carbonyl (C=O) groups excluding carboxylic acids is 2. The third-order valence-corrected chi connectivity index (χ3v) is 3.37. The van der Waals surface area contributed by atoms with Crippen LogP contribution in [-0.2, 0) is 9.53 Å². The van der Waals surface area contributed by atoms with Crippen LogP contribution in [0.5, 0.6) is 5.75 Å². The summed E-state index contributed by atoms with van der Waals surface area (Å²) in [6.07, 6.45) is 4.47. The van der Waals surface area contributed by atoms with Gasteiger partial charge in [-0.15, -0.1) is 0 Å². The van der Waals surface area contributed by atoms with Crippen LogP contribution in [-0.4, -0.2) is 31.6 Å². The molecule has 1 aliphatic carbocycles. The Morgan fingerprint density at radius 1 is 1.20 bits per heavy atom. The van der Waals surface area contributed by atoms with Gasteiger partial charge in [-0.3, -0.25) is 4.79 Å². The number of esters is 1. The van der Waals surface area contributed by atoms with E-state index in [9.17, 15) is 9.59 Å². The molecule has 0 bridgehead atoms. The molecule has 20 heavy (non-hydrogen) atoms. The van der Waals surface area contributed by atoms with E-state index >= 15 is 0 Å². The molecule has 108 valence electrons. The molecule has 0 aromatic heterocycles. The fourth-order valence-corrected chi connectivity index (χ4v) is 2.29. The average molecular weight is 277 g/mol. The Balaban J connectivity index is 1.78. The summed E-state index contributed by atoms with van der Waals surface area (Å²) in [5, 5.41) is 2.95. The van der Waals surface area contributed by atoms with Crippen LogP contribution < -0.4 is 10.1 Å². The number of benzene rings is 1. The lowest BCUT2D eigenvalue weighted by molar-refractivity contribution is -0.123. The molecular formula is C15H19NO4. The van der Waals surface area contributed by atoms with Gasteiger partial charge in [0.15, 0.2) is 6.61 Å². The Kier molecular flexibility index (Phi) is 4.98. The van der Waals surface area contributed by atoms with E-state index in [1.54, 1.807) is 24.3 Å². The van der Waals surface area contributed by atoms with Gasteiger partial charge in [-0.1, -0.05) is 12.8 Å². The van der Waals surface area contributed by atoms with Gasteiger partial charge in [-0.25, -0.2) is 4.79 Å². The second-order valence-electron chi connectivity index (χ2n) is 4.85. The molecular weight excluding hydrogens is 258 g/mol. The van der Waals surface area contributed by atoms with Crippen LogP contribution in [0.3, 0.4) is 0 Å². The lowest BCUT2D eigenvalue weighted by Gasteiger charge is -2.12. The molecule has 0 aliphatic heterocycles. The molecule has 0 atom stereocenters. The Bertz CT molecular complexity index is 463. The predicted molar refractivity (Wildman–Crippen MR) is 73.7 cm³/mol. The van der Waals surface area contributed by atoms with Crippen molar-refractivity contribution >= 4 is 11.9 Å². The van der Waals surface area contributed by atoms with Crippen molar-refractivity contribution in [2.45, 2.75) is 31.7 Å². The highest BCUT2D eigenvalue weighted by molar-refractivity contribution is 5.89. The maximum Gasteiger partial charge on any atom is 0.337 e. The SMILES string of the molecule is COC(=O)c1ccc(OCC(=O)NC2CCCC2)cc1. The van der Waals surface area contributed by atoms with Crippen LogP contribution in [0.25, 0.3) is 0 Å². The Labute approximate surface area is 118 Å². The molecule has 0 spiro atoms. The van der Waals surface area contributed by atoms with Gasteiger partial charge in [0.25, 0.3) is 5.91 Å². The monoisotopic (exact) mass is 277 g/mol. The van der Waals surface area contributed by atoms with Gasteiger partial charge >= 0.3 is 5.97 Å². The minimum atomic E-state index is -0.393. The first-order valence-electron chi connectivity index (χ1n) is 6.79. The van der Waals surface area contributed by atoms with Gasteiger partial charge in [0, 0.05) is 6.04 Å². The molecule has 5 nitrogen and oxygen atoms in total. The predicted octanol–water partition coefficient (Wildman–Crippen LogP) is 1.91. The number of nitrogens with one attached hydrogen (secondary N) is 1. The van der Waals surface area contributed by atoms with Crippen molar-refractivity contribution in [2.75, 3.05) is 13.7 Å². The van der Waals surface area contributed by atoms with Gasteiger partial charge in [0.1, 0.15) is 5.75 Å². The van der Waals surface area contributed by atoms with E-state index in [1.807, 2.05) is 0 Å². The van der Waals surface area contributed by atoms with Gasteiger partial charge < -0.3 is 14.8 Å². The van der Waals surface area contributed by atoms with Gasteiger partial charge in [-0.05, 0) is 37.1 Å². The Morgan fingerprint density at radius 2 is 1.85 bits per heavy atom. The van der Waals surface area contributed by atoms with Crippen molar-refractivity contribution in [1.29, 1.82) is 0 Å². The fraction of sp³-hybridized carbons (Fsp3) is 0.467. The summed E-state index contributed by atoms with van der Waals surface area (Å²) in [6, 6.07) is 6.81. The molecule has 0 heterocycles. The summed E-state index contributed by atoms with van der Waals surface area (Å²) in [4.78, 5) is 22.9. The highest BCUT2D eigenvalue weighted by Crippen LogP contribution is 2.17. The van der Waals surface area contributed by atoms with Gasteiger partial charge in [-0.2, -0.15) is 0 Å². The highest BCUT2D eigenvalue weighted by atomic mass is 16.5. The number of amides is 1. The Morgan fingerprint density at radius 3 is 2.45 bits per heavy atom. The van der Waals surface area contributed by atoms with Crippen molar-refractivity contribution in [3.8, 4) is 5.75 Å². The summed E-state index contributed by atoms with van der Waals surface area (Å²) in [6.45, 7) is -0.00588. The summed E-state index contributed by atoms with van der Waals surface area (Å²) in [7, 11) is 1.33. The zero-order chi connectivity index (χ0) is 14.4. The molecule has 0 saturated heterocycles. The number of carbonyl (C=O) groups is 2. The lowest BCUT2D eigenvalue weighted by atomic mass is 10.2. The number of methoxy groups -OCH3 is 1. The molecule has 1 amide bonds. The van der Waals surface area contributed by atoms with Crippen LogP contribution >= 0.6 is 0 Å². The first-order chi connectivity index (χ1) is 9.69. The molecule has 1 N–H and O–H groups in total. The molecule has 1 aromatic carbocycles. The third-order valence-electron chi connectivity index (χ3n) is 3.37. The van der Waals surface area contributed by atoms with E-state index < -0.39 is 5.97 Å². The fourth-order valence-electron chi connectivity index (χ4n) is 2.29. The lowest BCUT2D eigenvalue weighted by Crippen LogP contribution is -2.36. The third kappa shape index (κ3) is 3.98. The van der Waals surface area contributed by atoms with E-state index in [0.29, 0.717) is 17.4 Å². The van der Waals surface area contributed by atoms with E-state index in [4.69, 9.17) is 4.74 Å². The molecule has 1 aliphatic rings. The zero-order valence-corrected chi connectivity index (χ0v) is 11.6. The molecule has 0 radical (unpaired) electrons. The van der Waals surface area contributed by atoms with Crippen molar-refractivity contribution in [3.05, 3.63) is 29.8 Å². The zero-order valence-electron chi connectivity index (χ0n) is 11.6. The minimum Gasteiger partial charge on any atom is -0.484 e. The summed E-state index contributed by atoms with van der Waals surface area (Å²) in [5.41, 5.74) is 0.454. The average Bonchev–Trinajstić information content (AvgIpc) is 2.97. The molecule has 2 rings (SSSR count). The molecule has 5 heteroatoms. The number of rotatable bonds is 5. The van der Waals surface area contributed by atoms with Crippen molar-refractivity contribution in [1.82, 2.24) is 5.32 Å². The maximum absolute atomic E-state index is 11.7. The van der Waals surface area contributed by atoms with Crippen LogP contribution in [0.1, 0.15) is 36.0 Å². The second-order valence-corrected chi connectivity index (χ2v) is 4.85. The Hall–Kier alpha value is -2.04. The number of hydrogen-bond donors (Lipinski definition) is 1. The van der Waals surface area contributed by atoms with Crippen molar-refractivity contribution in [3.63, 3.8) is 0 Å². The van der Waals surface area contributed by atoms with Crippen LogP contribution in [0, 0.1) is 0 Å². The second kappa shape index (κ2) is 6.93. The normalized spacial score (nSPS) is 14.8. The smallest absolute Gasteiger partial charge is 0.337 e. The maximum atomic E-state index is 11.7. The van der Waals surface area contributed by atoms with Crippen LogP contribution in [0.2, 0.25) is 0 Å². The number of ether oxygens (including phenoxy) is 2. The first-order valence-corrected chi connectivity index (χ1v) is 6.79. The molecule has 1 fully saturated rings. The summed E-state index contributed by atoms with van der Waals surface area (Å²) in [5.74, 6) is 0.0590. The highest BCUT2D eigenvalue weighted by Gasteiger charge is 2.17.